The van der Waals surface area contributed by atoms with Crippen molar-refractivity contribution in [3.63, 3.8) is 0 Å². The summed E-state index contributed by atoms with van der Waals surface area (Å²) in [4.78, 5) is 0. The summed E-state index contributed by atoms with van der Waals surface area (Å²) < 4.78 is 0. The second-order valence-corrected chi connectivity index (χ2v) is 15.1. The van der Waals surface area contributed by atoms with E-state index in [0.29, 0.717) is 27.1 Å². The molecule has 0 saturated heterocycles. The van der Waals surface area contributed by atoms with Gasteiger partial charge < -0.3 is 0 Å². The molecule has 0 heterocycles. The summed E-state index contributed by atoms with van der Waals surface area (Å²) in [6.45, 7) is 21.4. The van der Waals surface area contributed by atoms with Crippen LogP contribution in [0.5, 0.6) is 0 Å². The highest BCUT2D eigenvalue weighted by Crippen LogP contribution is 2.78. The predicted octanol–water partition coefficient (Wildman–Crippen LogP) is 9.13. The van der Waals surface area contributed by atoms with E-state index in [4.69, 9.17) is 0 Å². The molecule has 0 aromatic heterocycles. The Hall–Kier alpha value is 0. The van der Waals surface area contributed by atoms with Crippen LogP contribution in [0.25, 0.3) is 0 Å². The highest BCUT2D eigenvalue weighted by Gasteiger charge is 2.70. The monoisotopic (exact) mass is 412 g/mol. The van der Waals surface area contributed by atoms with Crippen LogP contribution in [-0.2, 0) is 0 Å². The SMILES string of the molecule is CC(C)[C@H]1CC[C@]2(C)C3CCC4[C@@]5(C)CCCC(C)(C)C5CC[C@@]4(C)[C@]3(C)CC[C@H]12. The lowest BCUT2D eigenvalue weighted by Gasteiger charge is -2.73. The molecule has 30 heavy (non-hydrogen) atoms. The highest BCUT2D eigenvalue weighted by atomic mass is 14.7. The van der Waals surface area contributed by atoms with Crippen molar-refractivity contribution in [2.75, 3.05) is 0 Å². The van der Waals surface area contributed by atoms with Crippen molar-refractivity contribution in [1.29, 1.82) is 0 Å². The quantitative estimate of drug-likeness (QED) is 0.402. The van der Waals surface area contributed by atoms with Crippen LogP contribution in [0.1, 0.15) is 126 Å². The van der Waals surface area contributed by atoms with Gasteiger partial charge in [-0.25, -0.2) is 0 Å². The van der Waals surface area contributed by atoms with Gasteiger partial charge in [0.15, 0.2) is 0 Å². The molecule has 5 saturated carbocycles. The molecule has 0 N–H and O–H groups in total. The lowest BCUT2D eigenvalue weighted by Crippen LogP contribution is -2.65. The van der Waals surface area contributed by atoms with E-state index in [-0.39, 0.29) is 0 Å². The molecule has 5 aliphatic carbocycles. The molecule has 0 bridgehead atoms. The van der Waals surface area contributed by atoms with Crippen molar-refractivity contribution in [2.45, 2.75) is 126 Å². The van der Waals surface area contributed by atoms with E-state index in [1.807, 2.05) is 0 Å². The third kappa shape index (κ3) is 2.52. The Kier molecular flexibility index (Phi) is 4.75. The first-order chi connectivity index (χ1) is 13.9. The van der Waals surface area contributed by atoms with Gasteiger partial charge in [-0.2, -0.15) is 0 Å². The molecule has 5 fully saturated rings. The van der Waals surface area contributed by atoms with E-state index in [1.165, 1.54) is 70.6 Å². The van der Waals surface area contributed by atoms with Crippen LogP contribution in [0.4, 0.5) is 0 Å². The molecule has 0 aromatic rings. The van der Waals surface area contributed by atoms with Crippen LogP contribution in [0.3, 0.4) is 0 Å². The lowest BCUT2D eigenvalue weighted by atomic mass is 9.32. The summed E-state index contributed by atoms with van der Waals surface area (Å²) in [7, 11) is 0. The molecule has 0 nitrogen and oxygen atoms in total. The minimum atomic E-state index is 0.561. The smallest absolute Gasteiger partial charge is 0.0235 e. The van der Waals surface area contributed by atoms with Crippen molar-refractivity contribution in [3.8, 4) is 0 Å². The van der Waals surface area contributed by atoms with E-state index < -0.39 is 0 Å². The van der Waals surface area contributed by atoms with E-state index in [2.05, 4.69) is 55.4 Å². The summed E-state index contributed by atoms with van der Waals surface area (Å²) in [5.41, 5.74) is 2.92. The van der Waals surface area contributed by atoms with Gasteiger partial charge in [0, 0.05) is 0 Å². The van der Waals surface area contributed by atoms with Gasteiger partial charge in [0.05, 0.1) is 0 Å². The van der Waals surface area contributed by atoms with Crippen LogP contribution >= 0.6 is 0 Å². The van der Waals surface area contributed by atoms with E-state index in [0.717, 1.165) is 35.5 Å². The van der Waals surface area contributed by atoms with Gasteiger partial charge in [-0.1, -0.05) is 61.8 Å². The van der Waals surface area contributed by atoms with Crippen molar-refractivity contribution in [2.24, 2.45) is 62.6 Å². The fraction of sp³-hybridized carbons (Fsp3) is 1.00. The largest absolute Gasteiger partial charge is 0.0625 e. The minimum absolute atomic E-state index is 0.561. The zero-order valence-corrected chi connectivity index (χ0v) is 21.7. The maximum Gasteiger partial charge on any atom is -0.0235 e. The maximum absolute atomic E-state index is 2.81. The number of rotatable bonds is 1. The van der Waals surface area contributed by atoms with Crippen LogP contribution in [0.15, 0.2) is 0 Å². The third-order valence-corrected chi connectivity index (χ3v) is 13.6. The summed E-state index contributed by atoms with van der Waals surface area (Å²) in [5.74, 6) is 5.79. The molecule has 0 radical (unpaired) electrons. The summed E-state index contributed by atoms with van der Waals surface area (Å²) in [6, 6.07) is 0. The Bertz CT molecular complexity index is 688. The van der Waals surface area contributed by atoms with Gasteiger partial charge >= 0.3 is 0 Å². The Morgan fingerprint density at radius 1 is 0.567 bits per heavy atom. The van der Waals surface area contributed by atoms with Crippen molar-refractivity contribution < 1.29 is 0 Å². The topological polar surface area (TPSA) is 0 Å². The summed E-state index contributed by atoms with van der Waals surface area (Å²) in [6.07, 6.45) is 16.6. The van der Waals surface area contributed by atoms with Gasteiger partial charge in [0.1, 0.15) is 0 Å². The van der Waals surface area contributed by atoms with Crippen molar-refractivity contribution in [3.05, 3.63) is 0 Å². The van der Waals surface area contributed by atoms with E-state index in [1.54, 1.807) is 0 Å². The van der Waals surface area contributed by atoms with Gasteiger partial charge in [-0.3, -0.25) is 0 Å². The van der Waals surface area contributed by atoms with Gasteiger partial charge in [-0.15, -0.1) is 0 Å². The van der Waals surface area contributed by atoms with Crippen molar-refractivity contribution in [1.82, 2.24) is 0 Å². The number of fused-ring (bicyclic) bond motifs is 7. The fourth-order valence-corrected chi connectivity index (χ4v) is 12.1. The van der Waals surface area contributed by atoms with E-state index >= 15 is 0 Å². The molecule has 5 rings (SSSR count). The Balaban J connectivity index is 1.52. The first-order valence-electron chi connectivity index (χ1n) is 13.9. The van der Waals surface area contributed by atoms with Crippen LogP contribution in [0.2, 0.25) is 0 Å². The summed E-state index contributed by atoms with van der Waals surface area (Å²) in [5, 5.41) is 0. The average Bonchev–Trinajstić information content (AvgIpc) is 2.99. The first kappa shape index (κ1) is 21.8. The molecule has 5 aliphatic rings. The predicted molar refractivity (Wildman–Crippen MR) is 129 cm³/mol. The average molecular weight is 413 g/mol. The minimum Gasteiger partial charge on any atom is -0.0625 e. The lowest BCUT2D eigenvalue weighted by molar-refractivity contribution is -0.241. The third-order valence-electron chi connectivity index (χ3n) is 13.6. The highest BCUT2D eigenvalue weighted by molar-refractivity contribution is 5.18. The number of hydrogen-bond acceptors (Lipinski definition) is 0. The molecular weight excluding hydrogens is 360 g/mol. The second kappa shape index (κ2) is 6.53. The normalized spacial score (nSPS) is 57.3. The zero-order valence-electron chi connectivity index (χ0n) is 21.7. The second-order valence-electron chi connectivity index (χ2n) is 15.1. The van der Waals surface area contributed by atoms with Gasteiger partial charge in [0.2, 0.25) is 0 Å². The van der Waals surface area contributed by atoms with Gasteiger partial charge in [0.25, 0.3) is 0 Å². The molecule has 0 heteroatoms. The van der Waals surface area contributed by atoms with Crippen LogP contribution in [0, 0.1) is 62.6 Å². The van der Waals surface area contributed by atoms with Crippen LogP contribution < -0.4 is 0 Å². The standard InChI is InChI=1S/C30H52/c1-20(2)21-12-17-27(5)22(21)13-18-29(7)24(27)10-11-25-28(6)16-9-15-26(3,4)23(28)14-19-30(25,29)8/h20-25H,9-19H2,1-8H3/t21-,22-,23?,24?,25?,27+,28+,29-,30-/m1/s1. The molecule has 0 amide bonds. The Morgan fingerprint density at radius 2 is 1.17 bits per heavy atom. The molecule has 0 aliphatic heterocycles. The fourth-order valence-electron chi connectivity index (χ4n) is 12.1. The maximum atomic E-state index is 2.81. The molecule has 0 aromatic carbocycles. The van der Waals surface area contributed by atoms with E-state index in [9.17, 15) is 0 Å². The molecular formula is C30H52. The van der Waals surface area contributed by atoms with Crippen LogP contribution in [-0.4, -0.2) is 0 Å². The van der Waals surface area contributed by atoms with Crippen molar-refractivity contribution >= 4 is 0 Å². The first-order valence-corrected chi connectivity index (χ1v) is 13.9. The molecule has 9 atom stereocenters. The summed E-state index contributed by atoms with van der Waals surface area (Å²) >= 11 is 0. The molecule has 3 unspecified atom stereocenters. The Labute approximate surface area is 188 Å². The van der Waals surface area contributed by atoms with Gasteiger partial charge in [-0.05, 0) is 127 Å². The molecule has 172 valence electrons. The number of hydrogen-bond donors (Lipinski definition) is 0. The molecule has 0 spiro atoms. The zero-order chi connectivity index (χ0) is 21.7. The Morgan fingerprint density at radius 3 is 1.80 bits per heavy atom.